The largest absolute Gasteiger partial charge is 0.346 e. The standard InChI is InChI=1S/C29H26ClFN2O3S/c1-20-8-15-25(30)18-28(20)33(37(35,36)27-6-4-3-5-7-27)19-22-9-11-24(12-10-22)29(34)32-21(2)23-13-16-26(31)17-14-23/h3-18,21H,19H2,1-2H3,(H,32,34)/t21-/m1/s1. The summed E-state index contributed by atoms with van der Waals surface area (Å²) in [5.74, 6) is -0.628. The number of carbonyl (C=O) groups is 1. The highest BCUT2D eigenvalue weighted by Gasteiger charge is 2.26. The van der Waals surface area contributed by atoms with Crippen molar-refractivity contribution in [1.29, 1.82) is 0 Å². The number of hydrogen-bond acceptors (Lipinski definition) is 3. The second-order valence-electron chi connectivity index (χ2n) is 8.70. The second kappa shape index (κ2) is 11.2. The predicted molar refractivity (Wildman–Crippen MR) is 145 cm³/mol. The Balaban J connectivity index is 1.58. The molecule has 0 saturated carbocycles. The number of hydrogen-bond donors (Lipinski definition) is 1. The molecule has 37 heavy (non-hydrogen) atoms. The summed E-state index contributed by atoms with van der Waals surface area (Å²) in [4.78, 5) is 12.9. The highest BCUT2D eigenvalue weighted by atomic mass is 35.5. The van der Waals surface area contributed by atoms with E-state index in [4.69, 9.17) is 11.6 Å². The van der Waals surface area contributed by atoms with E-state index in [0.29, 0.717) is 21.8 Å². The zero-order valence-electron chi connectivity index (χ0n) is 20.4. The molecule has 1 amide bonds. The Morgan fingerprint density at radius 3 is 2.24 bits per heavy atom. The lowest BCUT2D eigenvalue weighted by Crippen LogP contribution is -2.31. The number of sulfonamides is 1. The van der Waals surface area contributed by atoms with Crippen LogP contribution in [0.2, 0.25) is 5.02 Å². The van der Waals surface area contributed by atoms with Gasteiger partial charge in [-0.3, -0.25) is 9.10 Å². The van der Waals surface area contributed by atoms with Gasteiger partial charge in [0.2, 0.25) is 0 Å². The maximum absolute atomic E-state index is 13.6. The molecule has 4 rings (SSSR count). The first kappa shape index (κ1) is 26.4. The third kappa shape index (κ3) is 6.18. The average molecular weight is 537 g/mol. The number of anilines is 1. The van der Waals surface area contributed by atoms with Gasteiger partial charge in [0.25, 0.3) is 15.9 Å². The molecule has 1 N–H and O–H groups in total. The van der Waals surface area contributed by atoms with E-state index >= 15 is 0 Å². The van der Waals surface area contributed by atoms with Gasteiger partial charge in [-0.2, -0.15) is 0 Å². The minimum atomic E-state index is -3.90. The fourth-order valence-electron chi connectivity index (χ4n) is 3.91. The monoisotopic (exact) mass is 536 g/mol. The first-order valence-corrected chi connectivity index (χ1v) is 13.5. The van der Waals surface area contributed by atoms with Gasteiger partial charge in [0.05, 0.1) is 23.2 Å². The molecule has 0 fully saturated rings. The maximum atomic E-state index is 13.6. The van der Waals surface area contributed by atoms with Crippen molar-refractivity contribution in [3.05, 3.63) is 130 Å². The lowest BCUT2D eigenvalue weighted by molar-refractivity contribution is 0.0940. The topological polar surface area (TPSA) is 66.5 Å². The molecule has 4 aromatic rings. The van der Waals surface area contributed by atoms with Crippen molar-refractivity contribution in [1.82, 2.24) is 5.32 Å². The van der Waals surface area contributed by atoms with Crippen LogP contribution < -0.4 is 9.62 Å². The van der Waals surface area contributed by atoms with Gasteiger partial charge in [-0.25, -0.2) is 12.8 Å². The van der Waals surface area contributed by atoms with E-state index < -0.39 is 10.0 Å². The number of aryl methyl sites for hydroxylation is 1. The van der Waals surface area contributed by atoms with Crippen LogP contribution in [0.1, 0.15) is 40.0 Å². The van der Waals surface area contributed by atoms with Crippen LogP contribution >= 0.6 is 11.6 Å². The molecule has 1 atom stereocenters. The number of nitrogens with one attached hydrogen (secondary N) is 1. The molecule has 4 aromatic carbocycles. The van der Waals surface area contributed by atoms with E-state index in [9.17, 15) is 17.6 Å². The molecule has 0 aromatic heterocycles. The Bertz CT molecular complexity index is 1490. The summed E-state index contributed by atoms with van der Waals surface area (Å²) >= 11 is 6.22. The van der Waals surface area contributed by atoms with Crippen LogP contribution in [-0.2, 0) is 16.6 Å². The fourth-order valence-corrected chi connectivity index (χ4v) is 5.61. The quantitative estimate of drug-likeness (QED) is 0.273. The second-order valence-corrected chi connectivity index (χ2v) is 11.0. The molecule has 0 aliphatic carbocycles. The van der Waals surface area contributed by atoms with Gasteiger partial charge in [-0.15, -0.1) is 0 Å². The fraction of sp³-hybridized carbons (Fsp3) is 0.138. The smallest absolute Gasteiger partial charge is 0.264 e. The van der Waals surface area contributed by atoms with Crippen LogP contribution in [-0.4, -0.2) is 14.3 Å². The van der Waals surface area contributed by atoms with Gasteiger partial charge in [-0.05, 0) is 79.1 Å². The van der Waals surface area contributed by atoms with Crippen LogP contribution in [0.3, 0.4) is 0 Å². The van der Waals surface area contributed by atoms with E-state index in [1.165, 1.54) is 16.4 Å². The summed E-state index contributed by atoms with van der Waals surface area (Å²) in [5, 5.41) is 3.32. The van der Waals surface area contributed by atoms with E-state index in [1.54, 1.807) is 84.9 Å². The third-order valence-corrected chi connectivity index (χ3v) is 8.04. The summed E-state index contributed by atoms with van der Waals surface area (Å²) < 4.78 is 41.8. The summed E-state index contributed by atoms with van der Waals surface area (Å²) in [5.41, 5.74) is 3.14. The Kier molecular flexibility index (Phi) is 7.95. The highest BCUT2D eigenvalue weighted by molar-refractivity contribution is 7.92. The average Bonchev–Trinajstić information content (AvgIpc) is 2.90. The third-order valence-electron chi connectivity index (χ3n) is 6.03. The molecule has 8 heteroatoms. The zero-order chi connectivity index (χ0) is 26.6. The first-order valence-electron chi connectivity index (χ1n) is 11.6. The summed E-state index contributed by atoms with van der Waals surface area (Å²) in [6.45, 7) is 3.69. The van der Waals surface area contributed by atoms with Gasteiger partial charge in [0.1, 0.15) is 5.82 Å². The van der Waals surface area contributed by atoms with Crippen LogP contribution in [0.15, 0.2) is 102 Å². The highest BCUT2D eigenvalue weighted by Crippen LogP contribution is 2.31. The predicted octanol–water partition coefficient (Wildman–Crippen LogP) is 6.67. The van der Waals surface area contributed by atoms with Crippen molar-refractivity contribution in [2.75, 3.05) is 4.31 Å². The van der Waals surface area contributed by atoms with Crippen LogP contribution in [0.25, 0.3) is 0 Å². The number of carbonyl (C=O) groups excluding carboxylic acids is 1. The molecule has 0 unspecified atom stereocenters. The van der Waals surface area contributed by atoms with Crippen molar-refractivity contribution in [2.24, 2.45) is 0 Å². The van der Waals surface area contributed by atoms with Gasteiger partial charge < -0.3 is 5.32 Å². The molecule has 0 heterocycles. The molecular weight excluding hydrogens is 511 g/mol. The van der Waals surface area contributed by atoms with Crippen molar-refractivity contribution in [2.45, 2.75) is 31.3 Å². The molecule has 190 valence electrons. The Morgan fingerprint density at radius 2 is 1.59 bits per heavy atom. The molecule has 0 saturated heterocycles. The van der Waals surface area contributed by atoms with E-state index in [-0.39, 0.29) is 29.2 Å². The van der Waals surface area contributed by atoms with Gasteiger partial charge >= 0.3 is 0 Å². The Hall–Kier alpha value is -3.68. The van der Waals surface area contributed by atoms with Crippen molar-refractivity contribution >= 4 is 33.2 Å². The number of amides is 1. The number of halogens is 2. The van der Waals surface area contributed by atoms with Crippen LogP contribution in [0.5, 0.6) is 0 Å². The zero-order valence-corrected chi connectivity index (χ0v) is 21.9. The van der Waals surface area contributed by atoms with E-state index in [1.807, 2.05) is 13.8 Å². The Labute approximate surface area is 221 Å². The molecule has 0 radical (unpaired) electrons. The number of rotatable bonds is 8. The maximum Gasteiger partial charge on any atom is 0.264 e. The summed E-state index contributed by atoms with van der Waals surface area (Å²) in [7, 11) is -3.90. The van der Waals surface area contributed by atoms with E-state index in [0.717, 1.165) is 11.1 Å². The number of benzene rings is 4. The Morgan fingerprint density at radius 1 is 0.946 bits per heavy atom. The van der Waals surface area contributed by atoms with Crippen LogP contribution in [0.4, 0.5) is 10.1 Å². The normalized spacial score (nSPS) is 12.1. The van der Waals surface area contributed by atoms with Crippen molar-refractivity contribution < 1.29 is 17.6 Å². The van der Waals surface area contributed by atoms with Gasteiger partial charge in [0.15, 0.2) is 0 Å². The van der Waals surface area contributed by atoms with E-state index in [2.05, 4.69) is 5.32 Å². The molecule has 0 spiro atoms. The number of nitrogens with zero attached hydrogens (tertiary/aromatic N) is 1. The minimum Gasteiger partial charge on any atom is -0.346 e. The SMILES string of the molecule is Cc1ccc(Cl)cc1N(Cc1ccc(C(=O)N[C@H](C)c2ccc(F)cc2)cc1)S(=O)(=O)c1ccccc1. The van der Waals surface area contributed by atoms with Crippen molar-refractivity contribution in [3.63, 3.8) is 0 Å². The van der Waals surface area contributed by atoms with Gasteiger partial charge in [0, 0.05) is 10.6 Å². The molecule has 5 nitrogen and oxygen atoms in total. The minimum absolute atomic E-state index is 0.0479. The molecular formula is C29H26ClFN2O3S. The summed E-state index contributed by atoms with van der Waals surface area (Å²) in [6, 6.07) is 25.8. The van der Waals surface area contributed by atoms with Gasteiger partial charge in [-0.1, -0.05) is 60.1 Å². The van der Waals surface area contributed by atoms with Crippen molar-refractivity contribution in [3.8, 4) is 0 Å². The lowest BCUT2D eigenvalue weighted by Gasteiger charge is -2.26. The molecule has 0 aliphatic heterocycles. The molecule has 0 aliphatic rings. The first-order chi connectivity index (χ1) is 17.6. The molecule has 0 bridgehead atoms. The lowest BCUT2D eigenvalue weighted by atomic mass is 10.1. The summed E-state index contributed by atoms with van der Waals surface area (Å²) in [6.07, 6.45) is 0. The van der Waals surface area contributed by atoms with Crippen LogP contribution in [0, 0.1) is 12.7 Å².